The highest BCUT2D eigenvalue weighted by atomic mass is 16.3. The summed E-state index contributed by atoms with van der Waals surface area (Å²) >= 11 is 0. The average Bonchev–Trinajstić information content (AvgIpc) is 2.34. The van der Waals surface area contributed by atoms with Gasteiger partial charge < -0.3 is 10.4 Å². The summed E-state index contributed by atoms with van der Waals surface area (Å²) in [5.74, 6) is -0.700. The molecule has 110 valence electrons. The van der Waals surface area contributed by atoms with Crippen molar-refractivity contribution in [3.8, 4) is 0 Å². The maximum Gasteiger partial charge on any atom is 0.256 e. The SMILES string of the molecule is CC(=O)C(NC(=O)C(C)(O)c1ccccc1)C(C)(C)C. The Bertz CT molecular complexity index is 486. The van der Waals surface area contributed by atoms with E-state index in [-0.39, 0.29) is 5.78 Å². The van der Waals surface area contributed by atoms with E-state index >= 15 is 0 Å². The summed E-state index contributed by atoms with van der Waals surface area (Å²) < 4.78 is 0. The van der Waals surface area contributed by atoms with Gasteiger partial charge in [-0.3, -0.25) is 9.59 Å². The van der Waals surface area contributed by atoms with Crippen molar-refractivity contribution in [3.05, 3.63) is 35.9 Å². The first-order valence-corrected chi connectivity index (χ1v) is 6.66. The van der Waals surface area contributed by atoms with Crippen LogP contribution in [0.4, 0.5) is 0 Å². The third kappa shape index (κ3) is 3.67. The highest BCUT2D eigenvalue weighted by Crippen LogP contribution is 2.24. The summed E-state index contributed by atoms with van der Waals surface area (Å²) in [7, 11) is 0. The standard InChI is InChI=1S/C16H23NO3/c1-11(18)13(15(2,3)4)17-14(19)16(5,20)12-9-7-6-8-10-12/h6-10,13,20H,1-5H3,(H,17,19). The minimum absolute atomic E-state index is 0.130. The van der Waals surface area contributed by atoms with Gasteiger partial charge in [0, 0.05) is 0 Å². The largest absolute Gasteiger partial charge is 0.376 e. The maximum atomic E-state index is 12.3. The van der Waals surface area contributed by atoms with Gasteiger partial charge >= 0.3 is 0 Å². The van der Waals surface area contributed by atoms with Crippen LogP contribution in [0.25, 0.3) is 0 Å². The number of nitrogens with one attached hydrogen (secondary N) is 1. The minimum Gasteiger partial charge on any atom is -0.376 e. The minimum atomic E-state index is -1.67. The van der Waals surface area contributed by atoms with E-state index in [0.29, 0.717) is 5.56 Å². The first-order chi connectivity index (χ1) is 9.06. The molecule has 1 rings (SSSR count). The van der Waals surface area contributed by atoms with Crippen LogP contribution in [0.3, 0.4) is 0 Å². The van der Waals surface area contributed by atoms with Gasteiger partial charge in [0.15, 0.2) is 11.4 Å². The number of carbonyl (C=O) groups excluding carboxylic acids is 2. The van der Waals surface area contributed by atoms with Crippen molar-refractivity contribution < 1.29 is 14.7 Å². The molecule has 2 N–H and O–H groups in total. The molecule has 0 aliphatic rings. The maximum absolute atomic E-state index is 12.3. The monoisotopic (exact) mass is 277 g/mol. The van der Waals surface area contributed by atoms with Crippen molar-refractivity contribution in [3.63, 3.8) is 0 Å². The number of hydrogen-bond donors (Lipinski definition) is 2. The lowest BCUT2D eigenvalue weighted by Crippen LogP contribution is -2.53. The van der Waals surface area contributed by atoms with Crippen molar-refractivity contribution in [1.29, 1.82) is 0 Å². The Kier molecular flexibility index (Phi) is 4.71. The molecule has 4 nitrogen and oxygen atoms in total. The van der Waals surface area contributed by atoms with E-state index in [9.17, 15) is 14.7 Å². The highest BCUT2D eigenvalue weighted by molar-refractivity contribution is 5.92. The van der Waals surface area contributed by atoms with Gasteiger partial charge in [0.25, 0.3) is 5.91 Å². The fraction of sp³-hybridized carbons (Fsp3) is 0.500. The Morgan fingerprint density at radius 2 is 1.60 bits per heavy atom. The second-order valence-corrected chi connectivity index (χ2v) is 6.32. The summed E-state index contributed by atoms with van der Waals surface area (Å²) in [6.07, 6.45) is 0. The van der Waals surface area contributed by atoms with E-state index in [1.165, 1.54) is 13.8 Å². The molecule has 2 atom stereocenters. The molecular formula is C16H23NO3. The molecule has 0 heterocycles. The molecule has 1 aromatic carbocycles. The number of hydrogen-bond acceptors (Lipinski definition) is 3. The van der Waals surface area contributed by atoms with Gasteiger partial charge in [-0.05, 0) is 24.8 Å². The van der Waals surface area contributed by atoms with E-state index in [1.54, 1.807) is 24.3 Å². The van der Waals surface area contributed by atoms with Crippen LogP contribution in [0.5, 0.6) is 0 Å². The first kappa shape index (κ1) is 16.4. The Morgan fingerprint density at radius 1 is 1.10 bits per heavy atom. The lowest BCUT2D eigenvalue weighted by molar-refractivity contribution is -0.142. The van der Waals surface area contributed by atoms with Crippen LogP contribution in [0.2, 0.25) is 0 Å². The van der Waals surface area contributed by atoms with Gasteiger partial charge in [-0.2, -0.15) is 0 Å². The number of amides is 1. The normalized spacial score (nSPS) is 16.1. The molecule has 0 aromatic heterocycles. The third-order valence-electron chi connectivity index (χ3n) is 3.33. The molecule has 0 saturated carbocycles. The fourth-order valence-electron chi connectivity index (χ4n) is 2.09. The number of carbonyl (C=O) groups is 2. The van der Waals surface area contributed by atoms with Crippen LogP contribution in [-0.2, 0) is 15.2 Å². The zero-order chi connectivity index (χ0) is 15.6. The number of Topliss-reactive ketones (excluding diaryl/α,β-unsaturated/α-hetero) is 1. The quantitative estimate of drug-likeness (QED) is 0.884. The molecule has 2 unspecified atom stereocenters. The predicted molar refractivity (Wildman–Crippen MR) is 78.1 cm³/mol. The van der Waals surface area contributed by atoms with Crippen LogP contribution < -0.4 is 5.32 Å². The zero-order valence-electron chi connectivity index (χ0n) is 12.7. The number of aliphatic hydroxyl groups is 1. The van der Waals surface area contributed by atoms with E-state index in [2.05, 4.69) is 5.32 Å². The lowest BCUT2D eigenvalue weighted by atomic mass is 9.83. The Morgan fingerprint density at radius 3 is 2.00 bits per heavy atom. The first-order valence-electron chi connectivity index (χ1n) is 6.66. The van der Waals surface area contributed by atoms with Crippen molar-refractivity contribution in [1.82, 2.24) is 5.32 Å². The molecular weight excluding hydrogens is 254 g/mol. The molecule has 0 spiro atoms. The van der Waals surface area contributed by atoms with Gasteiger partial charge in [-0.25, -0.2) is 0 Å². The summed E-state index contributed by atoms with van der Waals surface area (Å²) in [6, 6.07) is 8.04. The Balaban J connectivity index is 2.98. The average molecular weight is 277 g/mol. The van der Waals surface area contributed by atoms with E-state index in [0.717, 1.165) is 0 Å². The number of ketones is 1. The summed E-state index contributed by atoms with van der Waals surface area (Å²) in [4.78, 5) is 24.0. The summed E-state index contributed by atoms with van der Waals surface area (Å²) in [5, 5.41) is 13.1. The smallest absolute Gasteiger partial charge is 0.256 e. The molecule has 1 aromatic rings. The molecule has 4 heteroatoms. The van der Waals surface area contributed by atoms with Gasteiger partial charge in [0.2, 0.25) is 0 Å². The van der Waals surface area contributed by atoms with Crippen molar-refractivity contribution >= 4 is 11.7 Å². The van der Waals surface area contributed by atoms with E-state index < -0.39 is 23.0 Å². The van der Waals surface area contributed by atoms with E-state index in [1.807, 2.05) is 26.8 Å². The molecule has 1 amide bonds. The molecule has 0 saturated heterocycles. The predicted octanol–water partition coefficient (Wildman–Crippen LogP) is 2.01. The Hall–Kier alpha value is -1.68. The van der Waals surface area contributed by atoms with E-state index in [4.69, 9.17) is 0 Å². The molecule has 0 fully saturated rings. The zero-order valence-corrected chi connectivity index (χ0v) is 12.7. The van der Waals surface area contributed by atoms with Crippen molar-refractivity contribution in [2.24, 2.45) is 5.41 Å². The van der Waals surface area contributed by atoms with Crippen molar-refractivity contribution in [2.45, 2.75) is 46.3 Å². The topological polar surface area (TPSA) is 66.4 Å². The van der Waals surface area contributed by atoms with Crippen LogP contribution in [-0.4, -0.2) is 22.8 Å². The van der Waals surface area contributed by atoms with Crippen LogP contribution in [0, 0.1) is 5.41 Å². The van der Waals surface area contributed by atoms with Crippen LogP contribution in [0.1, 0.15) is 40.2 Å². The highest BCUT2D eigenvalue weighted by Gasteiger charge is 2.37. The number of benzene rings is 1. The van der Waals surface area contributed by atoms with Gasteiger partial charge in [0.1, 0.15) is 0 Å². The van der Waals surface area contributed by atoms with Gasteiger partial charge in [-0.1, -0.05) is 51.1 Å². The third-order valence-corrected chi connectivity index (χ3v) is 3.33. The number of rotatable bonds is 4. The van der Waals surface area contributed by atoms with Gasteiger partial charge in [0.05, 0.1) is 6.04 Å². The van der Waals surface area contributed by atoms with Crippen LogP contribution >= 0.6 is 0 Å². The second kappa shape index (κ2) is 5.75. The molecule has 0 aliphatic heterocycles. The van der Waals surface area contributed by atoms with Gasteiger partial charge in [-0.15, -0.1) is 0 Å². The second-order valence-electron chi connectivity index (χ2n) is 6.32. The summed E-state index contributed by atoms with van der Waals surface area (Å²) in [5.41, 5.74) is -1.58. The summed E-state index contributed by atoms with van der Waals surface area (Å²) in [6.45, 7) is 8.48. The van der Waals surface area contributed by atoms with Crippen LogP contribution in [0.15, 0.2) is 30.3 Å². The fourth-order valence-corrected chi connectivity index (χ4v) is 2.09. The van der Waals surface area contributed by atoms with Crippen molar-refractivity contribution in [2.75, 3.05) is 0 Å². The molecule has 20 heavy (non-hydrogen) atoms. The molecule has 0 radical (unpaired) electrons. The molecule has 0 bridgehead atoms. The lowest BCUT2D eigenvalue weighted by Gasteiger charge is -2.32. The molecule has 0 aliphatic carbocycles. The Labute approximate surface area is 120 Å².